The van der Waals surface area contributed by atoms with Gasteiger partial charge in [0.05, 0.1) is 24.5 Å². The Bertz CT molecular complexity index is 1260. The standard InChI is InChI=1S/C31H38BNO5S/c1-3-7-20(15-21-9-5-10-23(34)16-21)12-13-27-28-22(8-4-2)17-25-29(26(28)18-32(37)38-27)31(36)33(30(25)35)19-24-11-6-14-39-24/h5-6,9-11,14-16,25-27,29,34,37H,3-4,7-8,12-13,17-19H2,1-2H3/b20-15+/t25-,26+,27-,29-/m1/s1. The van der Waals surface area contributed by atoms with E-state index >= 15 is 0 Å². The van der Waals surface area contributed by atoms with Crippen LogP contribution < -0.4 is 0 Å². The summed E-state index contributed by atoms with van der Waals surface area (Å²) in [6.07, 6.45) is 8.09. The fourth-order valence-corrected chi connectivity index (χ4v) is 7.53. The molecule has 1 aliphatic carbocycles. The molecule has 1 aromatic carbocycles. The van der Waals surface area contributed by atoms with E-state index in [-0.39, 0.29) is 35.5 Å². The first kappa shape index (κ1) is 27.9. The molecule has 4 atom stereocenters. The van der Waals surface area contributed by atoms with Crippen LogP contribution in [0.25, 0.3) is 6.08 Å². The van der Waals surface area contributed by atoms with Crippen molar-refractivity contribution >= 4 is 36.3 Å². The number of likely N-dealkylation sites (tertiary alicyclic amines) is 1. The van der Waals surface area contributed by atoms with Crippen molar-refractivity contribution in [3.8, 4) is 5.75 Å². The smallest absolute Gasteiger partial charge is 0.455 e. The van der Waals surface area contributed by atoms with Crippen molar-refractivity contribution in [1.29, 1.82) is 0 Å². The quantitative estimate of drug-likeness (QED) is 0.210. The lowest BCUT2D eigenvalue weighted by Crippen LogP contribution is -2.46. The highest BCUT2D eigenvalue weighted by Gasteiger charge is 2.57. The fraction of sp³-hybridized carbons (Fsp3) is 0.484. The molecule has 206 valence electrons. The van der Waals surface area contributed by atoms with Crippen LogP contribution in [-0.2, 0) is 20.8 Å². The molecule has 3 heterocycles. The molecule has 2 fully saturated rings. The van der Waals surface area contributed by atoms with Gasteiger partial charge in [-0.1, -0.05) is 62.1 Å². The van der Waals surface area contributed by atoms with E-state index in [0.29, 0.717) is 25.7 Å². The van der Waals surface area contributed by atoms with Crippen LogP contribution in [0.5, 0.6) is 5.75 Å². The van der Waals surface area contributed by atoms with Gasteiger partial charge in [-0.2, -0.15) is 0 Å². The second-order valence-corrected chi connectivity index (χ2v) is 12.1. The third kappa shape index (κ3) is 5.93. The topological polar surface area (TPSA) is 87.1 Å². The second-order valence-electron chi connectivity index (χ2n) is 11.1. The normalized spacial score (nSPS) is 25.4. The van der Waals surface area contributed by atoms with Gasteiger partial charge in [0.25, 0.3) is 0 Å². The Labute approximate surface area is 235 Å². The third-order valence-electron chi connectivity index (χ3n) is 8.38. The number of phenols is 1. The van der Waals surface area contributed by atoms with Crippen LogP contribution in [0, 0.1) is 17.8 Å². The van der Waals surface area contributed by atoms with E-state index in [9.17, 15) is 19.7 Å². The summed E-state index contributed by atoms with van der Waals surface area (Å²) in [5, 5.41) is 22.7. The number of thiophene rings is 1. The maximum absolute atomic E-state index is 13.7. The molecule has 39 heavy (non-hydrogen) atoms. The zero-order valence-corrected chi connectivity index (χ0v) is 23.7. The Morgan fingerprint density at radius 2 is 1.97 bits per heavy atom. The predicted octanol–water partition coefficient (Wildman–Crippen LogP) is 6.21. The number of aromatic hydroxyl groups is 1. The van der Waals surface area contributed by atoms with E-state index in [4.69, 9.17) is 4.65 Å². The van der Waals surface area contributed by atoms with Crippen molar-refractivity contribution in [2.75, 3.05) is 0 Å². The van der Waals surface area contributed by atoms with Crippen molar-refractivity contribution in [3.63, 3.8) is 0 Å². The van der Waals surface area contributed by atoms with Crippen LogP contribution in [0.1, 0.15) is 69.2 Å². The molecule has 0 unspecified atom stereocenters. The van der Waals surface area contributed by atoms with E-state index in [2.05, 4.69) is 19.9 Å². The second kappa shape index (κ2) is 12.2. The lowest BCUT2D eigenvalue weighted by atomic mass is 9.58. The van der Waals surface area contributed by atoms with Crippen molar-refractivity contribution in [3.05, 3.63) is 68.9 Å². The number of benzene rings is 1. The Kier molecular flexibility index (Phi) is 8.74. The Balaban J connectivity index is 1.41. The average Bonchev–Trinajstić information content (AvgIpc) is 3.50. The highest BCUT2D eigenvalue weighted by Crippen LogP contribution is 2.51. The number of carbonyl (C=O) groups is 2. The number of hydrogen-bond acceptors (Lipinski definition) is 6. The summed E-state index contributed by atoms with van der Waals surface area (Å²) < 4.78 is 6.18. The van der Waals surface area contributed by atoms with Gasteiger partial charge in [-0.05, 0) is 79.1 Å². The summed E-state index contributed by atoms with van der Waals surface area (Å²) in [5.41, 5.74) is 4.64. The summed E-state index contributed by atoms with van der Waals surface area (Å²) in [5.74, 6) is -0.862. The maximum atomic E-state index is 13.7. The first-order valence-electron chi connectivity index (χ1n) is 14.3. The number of phenolic OH excluding ortho intramolecular Hbond substituents is 1. The molecule has 0 saturated carbocycles. The van der Waals surface area contributed by atoms with Crippen molar-refractivity contribution in [1.82, 2.24) is 4.90 Å². The van der Waals surface area contributed by atoms with Crippen molar-refractivity contribution < 1.29 is 24.4 Å². The van der Waals surface area contributed by atoms with Gasteiger partial charge in [0.1, 0.15) is 5.75 Å². The molecule has 1 aromatic heterocycles. The summed E-state index contributed by atoms with van der Waals surface area (Å²) in [6, 6.07) is 11.2. The number of fused-ring (bicyclic) bond motifs is 3. The zero-order valence-electron chi connectivity index (χ0n) is 22.8. The molecule has 2 aliphatic heterocycles. The minimum Gasteiger partial charge on any atom is -0.508 e. The van der Waals surface area contributed by atoms with Crippen LogP contribution in [0.3, 0.4) is 0 Å². The van der Waals surface area contributed by atoms with Crippen molar-refractivity contribution in [2.24, 2.45) is 17.8 Å². The maximum Gasteiger partial charge on any atom is 0.455 e. The number of amides is 2. The molecule has 6 nitrogen and oxygen atoms in total. The lowest BCUT2D eigenvalue weighted by molar-refractivity contribution is -0.140. The molecular formula is C31H38BNO5S. The fourth-order valence-electron chi connectivity index (χ4n) is 6.84. The summed E-state index contributed by atoms with van der Waals surface area (Å²) in [7, 11) is -0.954. The van der Waals surface area contributed by atoms with Gasteiger partial charge in [-0.25, -0.2) is 0 Å². The number of carbonyl (C=O) groups excluding carboxylic acids is 2. The average molecular weight is 548 g/mol. The monoisotopic (exact) mass is 547 g/mol. The Morgan fingerprint density at radius 1 is 1.13 bits per heavy atom. The number of nitrogens with zero attached hydrogens (tertiary/aromatic N) is 1. The highest BCUT2D eigenvalue weighted by molar-refractivity contribution is 7.09. The first-order valence-corrected chi connectivity index (χ1v) is 15.2. The van der Waals surface area contributed by atoms with Gasteiger partial charge in [0.15, 0.2) is 0 Å². The summed E-state index contributed by atoms with van der Waals surface area (Å²) >= 11 is 1.56. The minimum atomic E-state index is -0.954. The lowest BCUT2D eigenvalue weighted by Gasteiger charge is -2.43. The van der Waals surface area contributed by atoms with Gasteiger partial charge < -0.3 is 14.8 Å². The first-order chi connectivity index (χ1) is 18.9. The van der Waals surface area contributed by atoms with E-state index in [1.165, 1.54) is 16.0 Å². The molecular weight excluding hydrogens is 509 g/mol. The molecule has 2 N–H and O–H groups in total. The van der Waals surface area contributed by atoms with Gasteiger partial charge in [0, 0.05) is 4.88 Å². The van der Waals surface area contributed by atoms with E-state index < -0.39 is 13.0 Å². The van der Waals surface area contributed by atoms with Gasteiger partial charge in [0.2, 0.25) is 11.8 Å². The molecule has 0 bridgehead atoms. The molecule has 8 heteroatoms. The van der Waals surface area contributed by atoms with Gasteiger partial charge >= 0.3 is 7.12 Å². The van der Waals surface area contributed by atoms with Crippen LogP contribution in [0.15, 0.2) is 58.5 Å². The molecule has 0 radical (unpaired) electrons. The molecule has 5 rings (SSSR count). The van der Waals surface area contributed by atoms with Crippen LogP contribution in [0.4, 0.5) is 0 Å². The Morgan fingerprint density at radius 3 is 2.69 bits per heavy atom. The summed E-state index contributed by atoms with van der Waals surface area (Å²) in [4.78, 5) is 29.7. The predicted molar refractivity (Wildman–Crippen MR) is 155 cm³/mol. The Hall–Kier alpha value is -2.68. The van der Waals surface area contributed by atoms with Crippen LogP contribution in [-0.4, -0.2) is 40.1 Å². The molecule has 3 aliphatic rings. The van der Waals surface area contributed by atoms with Crippen molar-refractivity contribution in [2.45, 2.75) is 77.8 Å². The third-order valence-corrected chi connectivity index (χ3v) is 9.25. The molecule has 2 aromatic rings. The number of imide groups is 1. The SMILES string of the molecule is CCCC1=C2[C@@H](CC/C(=C/c3cccc(O)c3)CCC)OB(O)C[C@@H]2[C@@H]2C(=O)N(Cc3cccs3)C(=O)[C@@H]2C1. The minimum absolute atomic E-state index is 0.0668. The molecule has 2 amide bonds. The largest absolute Gasteiger partial charge is 0.508 e. The molecule has 0 spiro atoms. The van der Waals surface area contributed by atoms with Gasteiger partial charge in [-0.3, -0.25) is 14.5 Å². The molecule has 2 saturated heterocycles. The van der Waals surface area contributed by atoms with Gasteiger partial charge in [-0.15, -0.1) is 11.3 Å². The zero-order chi connectivity index (χ0) is 27.5. The van der Waals surface area contributed by atoms with Crippen LogP contribution >= 0.6 is 11.3 Å². The van der Waals surface area contributed by atoms with E-state index in [1.807, 2.05) is 29.6 Å². The number of allylic oxidation sites excluding steroid dienone is 2. The number of hydrogen-bond donors (Lipinski definition) is 2. The summed E-state index contributed by atoms with van der Waals surface area (Å²) in [6.45, 7) is 4.63. The van der Waals surface area contributed by atoms with E-state index in [1.54, 1.807) is 23.5 Å². The van der Waals surface area contributed by atoms with Crippen LogP contribution in [0.2, 0.25) is 6.32 Å². The highest BCUT2D eigenvalue weighted by atomic mass is 32.1. The van der Waals surface area contributed by atoms with E-state index in [0.717, 1.165) is 48.1 Å². The number of rotatable bonds is 10.